The van der Waals surface area contributed by atoms with Gasteiger partial charge in [0.1, 0.15) is 4.90 Å². The van der Waals surface area contributed by atoms with Crippen LogP contribution in [0, 0.1) is 5.41 Å². The lowest BCUT2D eigenvalue weighted by Crippen LogP contribution is -2.15. The first-order chi connectivity index (χ1) is 13.5. The van der Waals surface area contributed by atoms with Crippen LogP contribution in [0.1, 0.15) is 76.2 Å². The summed E-state index contributed by atoms with van der Waals surface area (Å²) < 4.78 is 32.2. The molecule has 160 valence electrons. The second-order valence-electron chi connectivity index (χ2n) is 7.92. The molecule has 2 aromatic carbocycles. The van der Waals surface area contributed by atoms with Crippen LogP contribution in [-0.2, 0) is 10.1 Å². The van der Waals surface area contributed by atoms with Crippen molar-refractivity contribution in [2.24, 2.45) is 5.41 Å². The first-order valence-electron chi connectivity index (χ1n) is 9.99. The number of rotatable bonds is 6. The van der Waals surface area contributed by atoms with Crippen molar-refractivity contribution in [3.8, 4) is 0 Å². The third kappa shape index (κ3) is 7.63. The fraction of sp³-hybridized carbons (Fsp3) is 0.435. The molecule has 1 atom stereocenters. The Bertz CT molecular complexity index is 897. The van der Waals surface area contributed by atoms with Gasteiger partial charge in [0.25, 0.3) is 16.0 Å². The first-order valence-corrected chi connectivity index (χ1v) is 11.4. The fourth-order valence-electron chi connectivity index (χ4n) is 3.13. The Labute approximate surface area is 175 Å². The van der Waals surface area contributed by atoms with Gasteiger partial charge in [0.2, 0.25) is 0 Å². The Morgan fingerprint density at radius 3 is 2.07 bits per heavy atom. The molecule has 5 nitrogen and oxygen atoms in total. The van der Waals surface area contributed by atoms with Crippen LogP contribution in [0.4, 0.5) is 5.69 Å². The van der Waals surface area contributed by atoms with Crippen LogP contribution >= 0.6 is 0 Å². The van der Waals surface area contributed by atoms with Crippen molar-refractivity contribution < 1.29 is 17.8 Å². The molecule has 0 spiro atoms. The van der Waals surface area contributed by atoms with Gasteiger partial charge in [0.05, 0.1) is 5.69 Å². The molecular weight excluding hydrogens is 386 g/mol. The van der Waals surface area contributed by atoms with Crippen molar-refractivity contribution >= 4 is 21.7 Å². The van der Waals surface area contributed by atoms with Crippen LogP contribution in [0.3, 0.4) is 0 Å². The van der Waals surface area contributed by atoms with E-state index >= 15 is 0 Å². The van der Waals surface area contributed by atoms with Crippen molar-refractivity contribution in [1.82, 2.24) is 0 Å². The highest BCUT2D eigenvalue weighted by Crippen LogP contribution is 2.33. The minimum Gasteiger partial charge on any atom is -0.321 e. The number of anilines is 1. The topological polar surface area (TPSA) is 83.5 Å². The Balaban J connectivity index is 0.00000204. The van der Waals surface area contributed by atoms with E-state index in [0.717, 1.165) is 12.8 Å². The van der Waals surface area contributed by atoms with Gasteiger partial charge in [-0.2, -0.15) is 8.42 Å². The molecule has 1 unspecified atom stereocenters. The fourth-order valence-corrected chi connectivity index (χ4v) is 3.78. The molecule has 0 saturated heterocycles. The average molecular weight is 420 g/mol. The highest BCUT2D eigenvalue weighted by molar-refractivity contribution is 7.86. The van der Waals surface area contributed by atoms with E-state index in [9.17, 15) is 17.8 Å². The Morgan fingerprint density at radius 2 is 1.59 bits per heavy atom. The molecule has 2 aromatic rings. The summed E-state index contributed by atoms with van der Waals surface area (Å²) >= 11 is 0. The predicted molar refractivity (Wildman–Crippen MR) is 119 cm³/mol. The van der Waals surface area contributed by atoms with E-state index in [1.807, 2.05) is 26.0 Å². The molecule has 0 aliphatic rings. The summed E-state index contributed by atoms with van der Waals surface area (Å²) in [7, 11) is -4.41. The molecule has 0 aliphatic carbocycles. The maximum Gasteiger partial charge on any atom is 0.296 e. The molecule has 0 radical (unpaired) electrons. The highest BCUT2D eigenvalue weighted by atomic mass is 32.2. The van der Waals surface area contributed by atoms with E-state index in [1.54, 1.807) is 18.2 Å². The summed E-state index contributed by atoms with van der Waals surface area (Å²) in [4.78, 5) is 12.2. The molecule has 0 saturated carbocycles. The van der Waals surface area contributed by atoms with Gasteiger partial charge < -0.3 is 5.32 Å². The molecule has 2 rings (SSSR count). The lowest BCUT2D eigenvalue weighted by Gasteiger charge is -2.25. The maximum atomic E-state index is 12.5. The van der Waals surface area contributed by atoms with E-state index in [-0.39, 0.29) is 16.0 Å². The Morgan fingerprint density at radius 1 is 1.03 bits per heavy atom. The number of hydrogen-bond donors (Lipinski definition) is 2. The molecule has 0 aromatic heterocycles. The van der Waals surface area contributed by atoms with Crippen LogP contribution < -0.4 is 5.32 Å². The largest absolute Gasteiger partial charge is 0.321 e. The lowest BCUT2D eigenvalue weighted by atomic mass is 9.80. The number of carbonyl (C=O) groups is 1. The quantitative estimate of drug-likeness (QED) is 0.551. The molecule has 0 bridgehead atoms. The average Bonchev–Trinajstić information content (AvgIpc) is 2.66. The van der Waals surface area contributed by atoms with Gasteiger partial charge in [0.15, 0.2) is 0 Å². The lowest BCUT2D eigenvalue weighted by molar-refractivity contribution is 0.102. The summed E-state index contributed by atoms with van der Waals surface area (Å²) in [5.74, 6) is -0.0103. The van der Waals surface area contributed by atoms with Crippen LogP contribution in [0.5, 0.6) is 0 Å². The van der Waals surface area contributed by atoms with Gasteiger partial charge in [0, 0.05) is 5.56 Å². The monoisotopic (exact) mass is 419 g/mol. The first kappa shape index (κ1) is 24.9. The normalized spacial score (nSPS) is 12.5. The van der Waals surface area contributed by atoms with E-state index in [1.165, 1.54) is 23.8 Å². The minimum atomic E-state index is -4.41. The van der Waals surface area contributed by atoms with Crippen LogP contribution in [-0.4, -0.2) is 18.9 Å². The minimum absolute atomic E-state index is 0.0493. The van der Waals surface area contributed by atoms with Gasteiger partial charge in [-0.15, -0.1) is 0 Å². The number of amides is 1. The van der Waals surface area contributed by atoms with E-state index in [0.29, 0.717) is 11.5 Å². The molecule has 6 heteroatoms. The van der Waals surface area contributed by atoms with E-state index in [2.05, 4.69) is 33.0 Å². The van der Waals surface area contributed by atoms with Crippen molar-refractivity contribution in [3.63, 3.8) is 0 Å². The number of para-hydroxylation sites is 1. The third-order valence-electron chi connectivity index (χ3n) is 4.41. The van der Waals surface area contributed by atoms with Crippen LogP contribution in [0.2, 0.25) is 0 Å². The smallest absolute Gasteiger partial charge is 0.296 e. The van der Waals surface area contributed by atoms with Crippen LogP contribution in [0.25, 0.3) is 0 Å². The summed E-state index contributed by atoms with van der Waals surface area (Å²) in [5, 5.41) is 2.56. The molecule has 2 N–H and O–H groups in total. The second kappa shape index (κ2) is 10.6. The molecule has 0 heterocycles. The van der Waals surface area contributed by atoms with Crippen LogP contribution in [0.15, 0.2) is 53.4 Å². The predicted octanol–water partition coefficient (Wildman–Crippen LogP) is 6.14. The van der Waals surface area contributed by atoms with Gasteiger partial charge in [-0.1, -0.05) is 65.8 Å². The number of nitrogens with one attached hydrogen (secondary N) is 1. The van der Waals surface area contributed by atoms with E-state index < -0.39 is 16.0 Å². The molecular formula is C23H33NO4S. The standard InChI is InChI=1S/C21H27NO4S.C2H6/c1-5-15(14-21(2,3)4)16-10-12-17(13-11-16)20(23)22-18-8-6-7-9-19(18)27(24,25)26;1-2/h6-13,15H,5,14H2,1-4H3,(H,22,23)(H,24,25,26);1-2H3. The molecule has 0 fully saturated rings. The van der Waals surface area contributed by atoms with Gasteiger partial charge in [-0.3, -0.25) is 9.35 Å². The van der Waals surface area contributed by atoms with E-state index in [4.69, 9.17) is 0 Å². The zero-order valence-electron chi connectivity index (χ0n) is 18.2. The van der Waals surface area contributed by atoms with Crippen molar-refractivity contribution in [1.29, 1.82) is 0 Å². The summed E-state index contributed by atoms with van der Waals surface area (Å²) in [6.07, 6.45) is 2.07. The Hall–Kier alpha value is -2.18. The maximum absolute atomic E-state index is 12.5. The summed E-state index contributed by atoms with van der Waals surface area (Å²) in [6, 6.07) is 13.1. The third-order valence-corrected chi connectivity index (χ3v) is 5.32. The number of benzene rings is 2. The van der Waals surface area contributed by atoms with Crippen molar-refractivity contribution in [3.05, 3.63) is 59.7 Å². The SMILES string of the molecule is CC.CCC(CC(C)(C)C)c1ccc(C(=O)Nc2ccccc2S(=O)(=O)O)cc1. The molecule has 1 amide bonds. The van der Waals surface area contributed by atoms with Gasteiger partial charge in [-0.25, -0.2) is 0 Å². The van der Waals surface area contributed by atoms with Crippen molar-refractivity contribution in [2.75, 3.05) is 5.32 Å². The zero-order valence-corrected chi connectivity index (χ0v) is 19.0. The van der Waals surface area contributed by atoms with Gasteiger partial charge >= 0.3 is 0 Å². The second-order valence-corrected chi connectivity index (χ2v) is 9.31. The van der Waals surface area contributed by atoms with Crippen molar-refractivity contribution in [2.45, 2.75) is 65.2 Å². The summed E-state index contributed by atoms with van der Waals surface area (Å²) in [6.45, 7) is 12.8. The number of hydrogen-bond acceptors (Lipinski definition) is 3. The molecule has 0 aliphatic heterocycles. The zero-order chi connectivity index (χ0) is 22.2. The Kier molecular flexibility index (Phi) is 9.05. The van der Waals surface area contributed by atoms with Gasteiger partial charge in [-0.05, 0) is 54.0 Å². The molecule has 29 heavy (non-hydrogen) atoms. The summed E-state index contributed by atoms with van der Waals surface area (Å²) in [5.41, 5.74) is 1.88. The number of carbonyl (C=O) groups excluding carboxylic acids is 1. The highest BCUT2D eigenvalue weighted by Gasteiger charge is 2.20.